The van der Waals surface area contributed by atoms with Gasteiger partial charge in [0.2, 0.25) is 0 Å². The second-order valence-electron chi connectivity index (χ2n) is 4.45. The van der Waals surface area contributed by atoms with Crippen molar-refractivity contribution in [3.05, 3.63) is 0 Å². The number of carbonyl (C=O) groups is 2. The molecule has 0 saturated carbocycles. The largest absolute Gasteiger partial charge is 0.481 e. The molecule has 0 aromatic heterocycles. The summed E-state index contributed by atoms with van der Waals surface area (Å²) in [7, 11) is 1.74. The maximum atomic E-state index is 11.9. The molecule has 0 aromatic rings. The molecule has 2 N–H and O–H groups in total. The smallest absolute Gasteiger partial charge is 0.317 e. The van der Waals surface area contributed by atoms with Crippen LogP contribution in [-0.2, 0) is 4.79 Å². The molecule has 0 aliphatic carbocycles. The molecule has 2 atom stereocenters. The van der Waals surface area contributed by atoms with Crippen LogP contribution in [-0.4, -0.2) is 41.1 Å². The molecule has 2 amide bonds. The molecule has 0 heterocycles. The Balaban J connectivity index is 4.38. The number of carbonyl (C=O) groups excluding carboxylic acids is 1. The highest BCUT2D eigenvalue weighted by Gasteiger charge is 2.24. The van der Waals surface area contributed by atoms with E-state index in [0.717, 1.165) is 12.8 Å². The summed E-state index contributed by atoms with van der Waals surface area (Å²) in [6.45, 7) is 7.35. The zero-order chi connectivity index (χ0) is 13.6. The van der Waals surface area contributed by atoms with Gasteiger partial charge in [0.05, 0.1) is 5.92 Å². The lowest BCUT2D eigenvalue weighted by molar-refractivity contribution is -0.141. The van der Waals surface area contributed by atoms with Crippen LogP contribution in [0.15, 0.2) is 0 Å². The molecule has 17 heavy (non-hydrogen) atoms. The summed E-state index contributed by atoms with van der Waals surface area (Å²) in [5.74, 6) is -1.49. The summed E-state index contributed by atoms with van der Waals surface area (Å²) in [6, 6.07) is -0.390. The first kappa shape index (κ1) is 15.7. The fourth-order valence-corrected chi connectivity index (χ4v) is 1.64. The van der Waals surface area contributed by atoms with Crippen molar-refractivity contribution in [2.45, 2.75) is 52.6 Å². The van der Waals surface area contributed by atoms with Gasteiger partial charge >= 0.3 is 12.0 Å². The van der Waals surface area contributed by atoms with Gasteiger partial charge in [0.15, 0.2) is 0 Å². The van der Waals surface area contributed by atoms with Crippen molar-refractivity contribution in [3.63, 3.8) is 0 Å². The normalized spacial score (nSPS) is 14.2. The summed E-state index contributed by atoms with van der Waals surface area (Å²) >= 11 is 0. The molecular formula is C12H24N2O3. The number of amides is 2. The number of hydrogen-bond donors (Lipinski definition) is 2. The summed E-state index contributed by atoms with van der Waals surface area (Å²) in [5.41, 5.74) is 0. The monoisotopic (exact) mass is 244 g/mol. The van der Waals surface area contributed by atoms with Gasteiger partial charge in [-0.3, -0.25) is 4.79 Å². The first-order valence-electron chi connectivity index (χ1n) is 6.11. The van der Waals surface area contributed by atoms with E-state index in [2.05, 4.69) is 5.32 Å². The average molecular weight is 244 g/mol. The van der Waals surface area contributed by atoms with Crippen molar-refractivity contribution in [2.24, 2.45) is 5.92 Å². The molecule has 5 nitrogen and oxygen atoms in total. The number of carboxylic acid groups (broad SMARTS) is 1. The Labute approximate surface area is 103 Å². The van der Waals surface area contributed by atoms with Crippen LogP contribution in [0, 0.1) is 5.92 Å². The fraction of sp³-hybridized carbons (Fsp3) is 0.833. The number of nitrogens with one attached hydrogen (secondary N) is 1. The molecule has 0 bridgehead atoms. The average Bonchev–Trinajstić information content (AvgIpc) is 2.28. The van der Waals surface area contributed by atoms with Crippen molar-refractivity contribution in [1.82, 2.24) is 10.2 Å². The summed E-state index contributed by atoms with van der Waals surface area (Å²) in [6.07, 6.45) is 1.78. The molecule has 0 rings (SSSR count). The zero-order valence-electron chi connectivity index (χ0n) is 11.4. The molecule has 5 heteroatoms. The quantitative estimate of drug-likeness (QED) is 0.750. The van der Waals surface area contributed by atoms with E-state index >= 15 is 0 Å². The van der Waals surface area contributed by atoms with E-state index in [4.69, 9.17) is 5.11 Å². The second-order valence-corrected chi connectivity index (χ2v) is 4.45. The fourth-order valence-electron chi connectivity index (χ4n) is 1.64. The number of rotatable bonds is 6. The molecule has 0 aliphatic rings. The number of carboxylic acids is 1. The molecular weight excluding hydrogens is 220 g/mol. The van der Waals surface area contributed by atoms with Crippen LogP contribution < -0.4 is 5.32 Å². The number of aliphatic carboxylic acids is 1. The minimum atomic E-state index is -0.900. The van der Waals surface area contributed by atoms with Crippen LogP contribution in [0.4, 0.5) is 4.79 Å². The Morgan fingerprint density at radius 1 is 1.24 bits per heavy atom. The van der Waals surface area contributed by atoms with E-state index < -0.39 is 11.9 Å². The molecule has 0 radical (unpaired) electrons. The minimum Gasteiger partial charge on any atom is -0.481 e. The van der Waals surface area contributed by atoms with E-state index in [1.165, 1.54) is 0 Å². The molecule has 2 unspecified atom stereocenters. The van der Waals surface area contributed by atoms with Gasteiger partial charge in [-0.1, -0.05) is 13.8 Å². The number of urea groups is 1. The van der Waals surface area contributed by atoms with Crippen LogP contribution in [0.3, 0.4) is 0 Å². The Kier molecular flexibility index (Phi) is 6.61. The Morgan fingerprint density at radius 2 is 1.71 bits per heavy atom. The lowest BCUT2D eigenvalue weighted by Crippen LogP contribution is -2.48. The van der Waals surface area contributed by atoms with E-state index in [1.807, 2.05) is 13.8 Å². The predicted molar refractivity (Wildman–Crippen MR) is 66.9 cm³/mol. The van der Waals surface area contributed by atoms with Crippen molar-refractivity contribution in [2.75, 3.05) is 7.05 Å². The van der Waals surface area contributed by atoms with Crippen LogP contribution >= 0.6 is 0 Å². The lowest BCUT2D eigenvalue weighted by Gasteiger charge is -2.29. The van der Waals surface area contributed by atoms with Crippen LogP contribution in [0.1, 0.15) is 40.5 Å². The lowest BCUT2D eigenvalue weighted by atomic mass is 10.0. The Morgan fingerprint density at radius 3 is 2.06 bits per heavy atom. The highest BCUT2D eigenvalue weighted by atomic mass is 16.4. The molecule has 0 spiro atoms. The third-order valence-electron chi connectivity index (χ3n) is 3.30. The van der Waals surface area contributed by atoms with Crippen LogP contribution in [0.25, 0.3) is 0 Å². The van der Waals surface area contributed by atoms with Gasteiger partial charge in [-0.25, -0.2) is 4.79 Å². The molecule has 0 aromatic carbocycles. The standard InChI is InChI=1S/C12H24N2O3/c1-6-10(7-2)14(5)12(17)13-9(4)8(3)11(15)16/h8-10H,6-7H2,1-5H3,(H,13,17)(H,15,16). The van der Waals surface area contributed by atoms with Crippen molar-refractivity contribution in [1.29, 1.82) is 0 Å². The summed E-state index contributed by atoms with van der Waals surface area (Å²) in [4.78, 5) is 24.3. The summed E-state index contributed by atoms with van der Waals surface area (Å²) < 4.78 is 0. The SMILES string of the molecule is CCC(CC)N(C)C(=O)NC(C)C(C)C(=O)O. The van der Waals surface area contributed by atoms with Crippen LogP contribution in [0.2, 0.25) is 0 Å². The van der Waals surface area contributed by atoms with Gasteiger partial charge in [0, 0.05) is 19.1 Å². The van der Waals surface area contributed by atoms with Crippen molar-refractivity contribution >= 4 is 12.0 Å². The number of nitrogens with zero attached hydrogens (tertiary/aromatic N) is 1. The highest BCUT2D eigenvalue weighted by molar-refractivity contribution is 5.76. The molecule has 100 valence electrons. The van der Waals surface area contributed by atoms with Gasteiger partial charge in [0.1, 0.15) is 0 Å². The molecule has 0 saturated heterocycles. The second kappa shape index (κ2) is 7.14. The Bertz CT molecular complexity index is 264. The van der Waals surface area contributed by atoms with Gasteiger partial charge in [-0.05, 0) is 26.7 Å². The topological polar surface area (TPSA) is 69.6 Å². The third-order valence-corrected chi connectivity index (χ3v) is 3.30. The minimum absolute atomic E-state index is 0.197. The first-order chi connectivity index (χ1) is 7.84. The van der Waals surface area contributed by atoms with E-state index in [9.17, 15) is 9.59 Å². The summed E-state index contributed by atoms with van der Waals surface area (Å²) in [5, 5.41) is 11.6. The first-order valence-corrected chi connectivity index (χ1v) is 6.11. The van der Waals surface area contributed by atoms with Gasteiger partial charge in [0.25, 0.3) is 0 Å². The van der Waals surface area contributed by atoms with E-state index in [1.54, 1.807) is 25.8 Å². The highest BCUT2D eigenvalue weighted by Crippen LogP contribution is 2.08. The zero-order valence-corrected chi connectivity index (χ0v) is 11.4. The number of hydrogen-bond acceptors (Lipinski definition) is 2. The van der Waals surface area contributed by atoms with Crippen molar-refractivity contribution < 1.29 is 14.7 Å². The maximum Gasteiger partial charge on any atom is 0.317 e. The maximum absolute atomic E-state index is 11.9. The van der Waals surface area contributed by atoms with Gasteiger partial charge in [-0.15, -0.1) is 0 Å². The van der Waals surface area contributed by atoms with E-state index in [-0.39, 0.29) is 18.1 Å². The van der Waals surface area contributed by atoms with Gasteiger partial charge < -0.3 is 15.3 Å². The van der Waals surface area contributed by atoms with Gasteiger partial charge in [-0.2, -0.15) is 0 Å². The Hall–Kier alpha value is -1.26. The van der Waals surface area contributed by atoms with Crippen molar-refractivity contribution in [3.8, 4) is 0 Å². The predicted octanol–water partition coefficient (Wildman–Crippen LogP) is 1.93. The molecule has 0 fully saturated rings. The third kappa shape index (κ3) is 4.63. The molecule has 0 aliphatic heterocycles. The van der Waals surface area contributed by atoms with Crippen LogP contribution in [0.5, 0.6) is 0 Å². The van der Waals surface area contributed by atoms with E-state index in [0.29, 0.717) is 0 Å².